The zero-order valence-corrected chi connectivity index (χ0v) is 13.9. The van der Waals surface area contributed by atoms with Crippen LogP contribution in [0, 0.1) is 13.8 Å². The van der Waals surface area contributed by atoms with Gasteiger partial charge in [0.1, 0.15) is 12.4 Å². The molecule has 122 valence electrons. The summed E-state index contributed by atoms with van der Waals surface area (Å²) in [6.45, 7) is 4.15. The van der Waals surface area contributed by atoms with Crippen LogP contribution in [0.25, 0.3) is 6.08 Å². The number of fused-ring (bicyclic) bond motifs is 1. The molecule has 2 aromatic rings. The Bertz CT molecular complexity index is 845. The van der Waals surface area contributed by atoms with Gasteiger partial charge in [-0.15, -0.1) is 0 Å². The van der Waals surface area contributed by atoms with Crippen molar-refractivity contribution in [3.63, 3.8) is 0 Å². The predicted octanol–water partition coefficient (Wildman–Crippen LogP) is 3.75. The number of rotatable bonds is 2. The summed E-state index contributed by atoms with van der Waals surface area (Å²) in [7, 11) is 1.34. The molecule has 0 amide bonds. The monoisotopic (exact) mass is 322 g/mol. The zero-order valence-electron chi connectivity index (χ0n) is 13.9. The van der Waals surface area contributed by atoms with Crippen LogP contribution >= 0.6 is 0 Å². The van der Waals surface area contributed by atoms with E-state index in [1.807, 2.05) is 26.0 Å². The molecular formula is C20H18O4. The molecule has 0 spiro atoms. The van der Waals surface area contributed by atoms with Gasteiger partial charge in [-0.05, 0) is 54.8 Å². The predicted molar refractivity (Wildman–Crippen MR) is 91.5 cm³/mol. The molecule has 0 aliphatic carbocycles. The minimum absolute atomic E-state index is 0.0138. The number of carbonyl (C=O) groups excluding carboxylic acids is 2. The molecule has 1 aliphatic rings. The molecule has 0 bridgehead atoms. The van der Waals surface area contributed by atoms with Gasteiger partial charge in [-0.3, -0.25) is 4.79 Å². The van der Waals surface area contributed by atoms with E-state index in [0.717, 1.165) is 16.7 Å². The third-order valence-corrected chi connectivity index (χ3v) is 4.00. The van der Waals surface area contributed by atoms with E-state index in [1.165, 1.54) is 7.11 Å². The Hall–Kier alpha value is -2.88. The first-order valence-corrected chi connectivity index (χ1v) is 7.67. The van der Waals surface area contributed by atoms with Crippen molar-refractivity contribution in [3.8, 4) is 5.75 Å². The summed E-state index contributed by atoms with van der Waals surface area (Å²) < 4.78 is 10.5. The highest BCUT2D eigenvalue weighted by Gasteiger charge is 2.25. The first kappa shape index (κ1) is 16.0. The van der Waals surface area contributed by atoms with Gasteiger partial charge in [-0.1, -0.05) is 18.2 Å². The summed E-state index contributed by atoms with van der Waals surface area (Å²) in [6, 6.07) is 10.8. The van der Waals surface area contributed by atoms with Gasteiger partial charge in [-0.2, -0.15) is 0 Å². The SMILES string of the molecule is COC(=O)c1ccc(/C=C2\COc3c(C)cc(C)cc3C2=O)cc1. The Morgan fingerprint density at radius 2 is 1.88 bits per heavy atom. The fraction of sp³-hybridized carbons (Fsp3) is 0.200. The highest BCUT2D eigenvalue weighted by molar-refractivity contribution is 6.14. The fourth-order valence-electron chi connectivity index (χ4n) is 2.84. The molecule has 0 unspecified atom stereocenters. The Morgan fingerprint density at radius 1 is 1.17 bits per heavy atom. The van der Waals surface area contributed by atoms with Crippen LogP contribution in [0.4, 0.5) is 0 Å². The molecule has 0 atom stereocenters. The summed E-state index contributed by atoms with van der Waals surface area (Å²) in [5, 5.41) is 0. The Labute approximate surface area is 140 Å². The molecule has 3 rings (SSSR count). The van der Waals surface area contributed by atoms with E-state index in [0.29, 0.717) is 22.4 Å². The maximum atomic E-state index is 12.7. The van der Waals surface area contributed by atoms with Crippen LogP contribution in [0.1, 0.15) is 37.4 Å². The summed E-state index contributed by atoms with van der Waals surface area (Å²) in [5.41, 5.74) is 4.52. The van der Waals surface area contributed by atoms with Crippen LogP contribution in [0.3, 0.4) is 0 Å². The summed E-state index contributed by atoms with van der Waals surface area (Å²) >= 11 is 0. The van der Waals surface area contributed by atoms with Gasteiger partial charge >= 0.3 is 5.97 Å². The standard InChI is InChI=1S/C20H18O4/c1-12-8-13(2)19-17(9-12)18(21)16(11-24-19)10-14-4-6-15(7-5-14)20(22)23-3/h4-10H,11H2,1-3H3/b16-10+. The highest BCUT2D eigenvalue weighted by atomic mass is 16.5. The van der Waals surface area contributed by atoms with E-state index in [-0.39, 0.29) is 18.4 Å². The van der Waals surface area contributed by atoms with Crippen LogP contribution in [0.5, 0.6) is 5.75 Å². The lowest BCUT2D eigenvalue weighted by molar-refractivity contribution is 0.0600. The van der Waals surface area contributed by atoms with Gasteiger partial charge in [0.05, 0.1) is 18.2 Å². The number of hydrogen-bond donors (Lipinski definition) is 0. The Balaban J connectivity index is 1.92. The molecule has 1 aliphatic heterocycles. The van der Waals surface area contributed by atoms with E-state index in [4.69, 9.17) is 4.74 Å². The molecule has 24 heavy (non-hydrogen) atoms. The molecule has 1 heterocycles. The average molecular weight is 322 g/mol. The van der Waals surface area contributed by atoms with Crippen molar-refractivity contribution in [2.45, 2.75) is 13.8 Å². The maximum Gasteiger partial charge on any atom is 0.337 e. The van der Waals surface area contributed by atoms with Crippen molar-refractivity contribution in [2.24, 2.45) is 0 Å². The number of benzene rings is 2. The summed E-state index contributed by atoms with van der Waals surface area (Å²) in [5.74, 6) is 0.273. The molecule has 0 saturated heterocycles. The largest absolute Gasteiger partial charge is 0.488 e. The molecule has 2 aromatic carbocycles. The van der Waals surface area contributed by atoms with Crippen molar-refractivity contribution in [1.29, 1.82) is 0 Å². The van der Waals surface area contributed by atoms with Gasteiger partial charge in [0.2, 0.25) is 0 Å². The van der Waals surface area contributed by atoms with Crippen LogP contribution in [-0.2, 0) is 4.74 Å². The minimum atomic E-state index is -0.383. The van der Waals surface area contributed by atoms with Crippen LogP contribution in [-0.4, -0.2) is 25.5 Å². The van der Waals surface area contributed by atoms with Crippen molar-refractivity contribution < 1.29 is 19.1 Å². The molecule has 0 N–H and O–H groups in total. The first-order chi connectivity index (χ1) is 11.5. The molecule has 0 saturated carbocycles. The second-order valence-corrected chi connectivity index (χ2v) is 5.86. The minimum Gasteiger partial charge on any atom is -0.488 e. The molecule has 0 radical (unpaired) electrons. The quantitative estimate of drug-likeness (QED) is 0.624. The Kier molecular flexibility index (Phi) is 4.21. The number of ether oxygens (including phenoxy) is 2. The fourth-order valence-corrected chi connectivity index (χ4v) is 2.84. The normalized spacial score (nSPS) is 15.0. The molecule has 0 fully saturated rings. The van der Waals surface area contributed by atoms with Gasteiger partial charge in [0, 0.05) is 5.57 Å². The second kappa shape index (κ2) is 6.32. The van der Waals surface area contributed by atoms with Crippen molar-refractivity contribution >= 4 is 17.8 Å². The third kappa shape index (κ3) is 2.95. The van der Waals surface area contributed by atoms with Crippen LogP contribution in [0.15, 0.2) is 42.0 Å². The lowest BCUT2D eigenvalue weighted by Gasteiger charge is -2.21. The number of ketones is 1. The van der Waals surface area contributed by atoms with E-state index in [2.05, 4.69) is 4.74 Å². The number of carbonyl (C=O) groups is 2. The maximum absolute atomic E-state index is 12.7. The van der Waals surface area contributed by atoms with Gasteiger partial charge in [0.15, 0.2) is 5.78 Å². The van der Waals surface area contributed by atoms with Crippen molar-refractivity contribution in [2.75, 3.05) is 13.7 Å². The lowest BCUT2D eigenvalue weighted by Crippen LogP contribution is -2.20. The number of esters is 1. The average Bonchev–Trinajstić information content (AvgIpc) is 2.57. The van der Waals surface area contributed by atoms with Gasteiger partial charge in [0.25, 0.3) is 0 Å². The van der Waals surface area contributed by atoms with Gasteiger partial charge in [-0.25, -0.2) is 4.79 Å². The van der Waals surface area contributed by atoms with E-state index < -0.39 is 0 Å². The van der Waals surface area contributed by atoms with Crippen LogP contribution < -0.4 is 4.74 Å². The Morgan fingerprint density at radius 3 is 2.54 bits per heavy atom. The number of hydrogen-bond acceptors (Lipinski definition) is 4. The number of aryl methyl sites for hydroxylation is 2. The zero-order chi connectivity index (χ0) is 17.3. The summed E-state index contributed by atoms with van der Waals surface area (Å²) in [4.78, 5) is 24.2. The topological polar surface area (TPSA) is 52.6 Å². The highest BCUT2D eigenvalue weighted by Crippen LogP contribution is 2.32. The van der Waals surface area contributed by atoms with E-state index in [9.17, 15) is 9.59 Å². The number of Topliss-reactive ketones (excluding diaryl/α,β-unsaturated/α-hetero) is 1. The molecule has 4 nitrogen and oxygen atoms in total. The van der Waals surface area contributed by atoms with E-state index >= 15 is 0 Å². The van der Waals surface area contributed by atoms with E-state index in [1.54, 1.807) is 30.3 Å². The summed E-state index contributed by atoms with van der Waals surface area (Å²) in [6.07, 6.45) is 1.80. The number of methoxy groups -OCH3 is 1. The smallest absolute Gasteiger partial charge is 0.337 e. The molecular weight excluding hydrogens is 304 g/mol. The molecule has 0 aromatic heterocycles. The second-order valence-electron chi connectivity index (χ2n) is 5.86. The first-order valence-electron chi connectivity index (χ1n) is 7.67. The molecule has 4 heteroatoms. The van der Waals surface area contributed by atoms with Crippen LogP contribution in [0.2, 0.25) is 0 Å². The third-order valence-electron chi connectivity index (χ3n) is 4.00. The lowest BCUT2D eigenvalue weighted by atomic mass is 9.94. The van der Waals surface area contributed by atoms with Gasteiger partial charge < -0.3 is 9.47 Å². The van der Waals surface area contributed by atoms with Crippen molar-refractivity contribution in [1.82, 2.24) is 0 Å². The van der Waals surface area contributed by atoms with Crippen molar-refractivity contribution in [3.05, 3.63) is 69.8 Å².